The van der Waals surface area contributed by atoms with E-state index in [-0.39, 0.29) is 12.0 Å². The molecule has 3 aromatic carbocycles. The first kappa shape index (κ1) is 20.8. The van der Waals surface area contributed by atoms with E-state index in [9.17, 15) is 9.59 Å². The molecule has 1 aromatic heterocycles. The summed E-state index contributed by atoms with van der Waals surface area (Å²) in [6.07, 6.45) is 0.797. The van der Waals surface area contributed by atoms with Crippen LogP contribution >= 0.6 is 0 Å². The molecule has 6 heteroatoms. The second-order valence-corrected chi connectivity index (χ2v) is 8.10. The molecule has 0 unspecified atom stereocenters. The van der Waals surface area contributed by atoms with Gasteiger partial charge in [-0.25, -0.2) is 0 Å². The number of aryl methyl sites for hydroxylation is 1. The normalized spacial score (nSPS) is 14.5. The van der Waals surface area contributed by atoms with Gasteiger partial charge in [-0.05, 0) is 61.0 Å². The van der Waals surface area contributed by atoms with E-state index in [2.05, 4.69) is 6.07 Å². The summed E-state index contributed by atoms with van der Waals surface area (Å²) in [6.45, 7) is 3.64. The molecule has 1 aliphatic rings. The molecule has 5 rings (SSSR count). The van der Waals surface area contributed by atoms with E-state index in [1.54, 1.807) is 41.0 Å². The van der Waals surface area contributed by atoms with Crippen molar-refractivity contribution in [3.05, 3.63) is 89.6 Å². The minimum absolute atomic E-state index is 0.0241. The van der Waals surface area contributed by atoms with Crippen LogP contribution in [0, 0.1) is 6.92 Å². The summed E-state index contributed by atoms with van der Waals surface area (Å²) >= 11 is 0. The molecule has 0 saturated heterocycles. The van der Waals surface area contributed by atoms with E-state index in [0.717, 1.165) is 23.3 Å². The van der Waals surface area contributed by atoms with Gasteiger partial charge in [0.05, 0.1) is 5.52 Å². The van der Waals surface area contributed by atoms with Crippen LogP contribution in [0.5, 0.6) is 17.2 Å². The van der Waals surface area contributed by atoms with Gasteiger partial charge in [-0.3, -0.25) is 14.2 Å². The lowest BCUT2D eigenvalue weighted by Crippen LogP contribution is -2.22. The van der Waals surface area contributed by atoms with Crippen molar-refractivity contribution in [2.24, 2.45) is 0 Å². The predicted molar refractivity (Wildman–Crippen MR) is 124 cm³/mol. The molecule has 4 aromatic rings. The number of carbonyl (C=O) groups excluding carboxylic acids is 2. The van der Waals surface area contributed by atoms with Crippen molar-refractivity contribution in [2.75, 3.05) is 6.61 Å². The molecular formula is C27H23NO5. The zero-order valence-electron chi connectivity index (χ0n) is 18.4. The Bertz CT molecular complexity index is 1330. The molecule has 0 aliphatic carbocycles. The van der Waals surface area contributed by atoms with Crippen LogP contribution in [0.15, 0.2) is 72.8 Å². The van der Waals surface area contributed by atoms with Gasteiger partial charge in [-0.1, -0.05) is 24.3 Å². The Kier molecular flexibility index (Phi) is 5.34. The SMILES string of the molecule is CC(=O)Oc1cccc2c1cc(C)n2C(=O)c1ccc(OC[C@H]2Cc3ccccc3O2)cc1. The minimum Gasteiger partial charge on any atom is -0.490 e. The third-order valence-electron chi connectivity index (χ3n) is 5.70. The maximum atomic E-state index is 13.3. The highest BCUT2D eigenvalue weighted by Gasteiger charge is 2.23. The first-order valence-corrected chi connectivity index (χ1v) is 10.8. The second kappa shape index (κ2) is 8.47. The number of fused-ring (bicyclic) bond motifs is 2. The van der Waals surface area contributed by atoms with Gasteiger partial charge in [0.15, 0.2) is 0 Å². The Hall–Kier alpha value is -4.06. The van der Waals surface area contributed by atoms with Gasteiger partial charge >= 0.3 is 5.97 Å². The molecule has 1 atom stereocenters. The molecule has 2 heterocycles. The molecule has 166 valence electrons. The van der Waals surface area contributed by atoms with E-state index >= 15 is 0 Å². The van der Waals surface area contributed by atoms with Gasteiger partial charge in [0.25, 0.3) is 5.91 Å². The van der Waals surface area contributed by atoms with Gasteiger partial charge < -0.3 is 14.2 Å². The smallest absolute Gasteiger partial charge is 0.308 e. The summed E-state index contributed by atoms with van der Waals surface area (Å²) in [6, 6.07) is 22.3. The van der Waals surface area contributed by atoms with Crippen molar-refractivity contribution in [3.63, 3.8) is 0 Å². The molecule has 0 radical (unpaired) electrons. The number of carbonyl (C=O) groups is 2. The third kappa shape index (κ3) is 4.07. The lowest BCUT2D eigenvalue weighted by Gasteiger charge is -2.13. The van der Waals surface area contributed by atoms with Crippen LogP contribution in [0.1, 0.15) is 28.5 Å². The number of para-hydroxylation sites is 1. The fourth-order valence-electron chi connectivity index (χ4n) is 4.21. The summed E-state index contributed by atoms with van der Waals surface area (Å²) in [5, 5.41) is 0.719. The van der Waals surface area contributed by atoms with Crippen LogP contribution < -0.4 is 14.2 Å². The molecule has 0 fully saturated rings. The number of esters is 1. The van der Waals surface area contributed by atoms with Gasteiger partial charge in [0.2, 0.25) is 0 Å². The van der Waals surface area contributed by atoms with Crippen LogP contribution in [0.25, 0.3) is 10.9 Å². The second-order valence-electron chi connectivity index (χ2n) is 8.10. The molecule has 1 aliphatic heterocycles. The van der Waals surface area contributed by atoms with Crippen molar-refractivity contribution >= 4 is 22.8 Å². The summed E-state index contributed by atoms with van der Waals surface area (Å²) in [4.78, 5) is 24.7. The number of benzene rings is 3. The summed E-state index contributed by atoms with van der Waals surface area (Å²) in [7, 11) is 0. The molecular weight excluding hydrogens is 418 g/mol. The van der Waals surface area contributed by atoms with Gasteiger partial charge in [-0.2, -0.15) is 0 Å². The minimum atomic E-state index is -0.401. The largest absolute Gasteiger partial charge is 0.490 e. The van der Waals surface area contributed by atoms with E-state index in [0.29, 0.717) is 29.2 Å². The topological polar surface area (TPSA) is 66.8 Å². The summed E-state index contributed by atoms with van der Waals surface area (Å²) in [5.41, 5.74) is 3.17. The van der Waals surface area contributed by atoms with Crippen molar-refractivity contribution in [1.29, 1.82) is 0 Å². The number of hydrogen-bond acceptors (Lipinski definition) is 5. The fraction of sp³-hybridized carbons (Fsp3) is 0.185. The number of nitrogens with zero attached hydrogens (tertiary/aromatic N) is 1. The van der Waals surface area contributed by atoms with Crippen LogP contribution in [0.4, 0.5) is 0 Å². The molecule has 0 spiro atoms. The lowest BCUT2D eigenvalue weighted by atomic mass is 10.1. The Balaban J connectivity index is 1.31. The van der Waals surface area contributed by atoms with Crippen LogP contribution in [0.3, 0.4) is 0 Å². The summed E-state index contributed by atoms with van der Waals surface area (Å²) in [5.74, 6) is 1.47. The van der Waals surface area contributed by atoms with Gasteiger partial charge in [0, 0.05) is 30.0 Å². The highest BCUT2D eigenvalue weighted by molar-refractivity contribution is 6.04. The molecule has 0 bridgehead atoms. The van der Waals surface area contributed by atoms with Crippen molar-refractivity contribution < 1.29 is 23.8 Å². The Morgan fingerprint density at radius 1 is 1.03 bits per heavy atom. The van der Waals surface area contributed by atoms with Crippen LogP contribution in [-0.2, 0) is 11.2 Å². The Morgan fingerprint density at radius 3 is 2.58 bits per heavy atom. The maximum Gasteiger partial charge on any atom is 0.308 e. The predicted octanol–water partition coefficient (Wildman–Crippen LogP) is 4.95. The quantitative estimate of drug-likeness (QED) is 0.324. The number of hydrogen-bond donors (Lipinski definition) is 0. The standard InChI is InChI=1S/C27H23NO5/c1-17-14-23-24(7-5-9-26(23)32-18(2)29)28(17)27(30)19-10-12-21(13-11-19)31-16-22-15-20-6-3-4-8-25(20)33-22/h3-14,22H,15-16H2,1-2H3/t22-/m1/s1. The van der Waals surface area contributed by atoms with Crippen LogP contribution in [-0.4, -0.2) is 29.2 Å². The first-order chi connectivity index (χ1) is 16.0. The average Bonchev–Trinajstić information content (AvgIpc) is 3.38. The maximum absolute atomic E-state index is 13.3. The molecule has 0 amide bonds. The van der Waals surface area contributed by atoms with E-state index in [1.165, 1.54) is 12.5 Å². The first-order valence-electron chi connectivity index (χ1n) is 10.8. The van der Waals surface area contributed by atoms with Crippen LogP contribution in [0.2, 0.25) is 0 Å². The number of aromatic nitrogens is 1. The molecule has 33 heavy (non-hydrogen) atoms. The van der Waals surface area contributed by atoms with Crippen molar-refractivity contribution in [2.45, 2.75) is 26.4 Å². The Morgan fingerprint density at radius 2 is 1.82 bits per heavy atom. The highest BCUT2D eigenvalue weighted by Crippen LogP contribution is 2.30. The summed E-state index contributed by atoms with van der Waals surface area (Å²) < 4.78 is 18.7. The van der Waals surface area contributed by atoms with E-state index in [4.69, 9.17) is 14.2 Å². The van der Waals surface area contributed by atoms with E-state index < -0.39 is 5.97 Å². The molecule has 0 saturated carbocycles. The third-order valence-corrected chi connectivity index (χ3v) is 5.70. The zero-order chi connectivity index (χ0) is 22.9. The highest BCUT2D eigenvalue weighted by atomic mass is 16.5. The van der Waals surface area contributed by atoms with E-state index in [1.807, 2.05) is 37.3 Å². The molecule has 6 nitrogen and oxygen atoms in total. The van der Waals surface area contributed by atoms with Crippen molar-refractivity contribution in [1.82, 2.24) is 4.57 Å². The Labute approximate surface area is 191 Å². The average molecular weight is 441 g/mol. The van der Waals surface area contributed by atoms with Gasteiger partial charge in [0.1, 0.15) is 30.0 Å². The fourth-order valence-corrected chi connectivity index (χ4v) is 4.21. The zero-order valence-corrected chi connectivity index (χ0v) is 18.4. The van der Waals surface area contributed by atoms with Gasteiger partial charge in [-0.15, -0.1) is 0 Å². The number of ether oxygens (including phenoxy) is 3. The van der Waals surface area contributed by atoms with Crippen molar-refractivity contribution in [3.8, 4) is 17.2 Å². The monoisotopic (exact) mass is 441 g/mol. The number of rotatable bonds is 5. The lowest BCUT2D eigenvalue weighted by molar-refractivity contribution is -0.131. The molecule has 0 N–H and O–H groups in total.